The Labute approximate surface area is 146 Å². The number of anilines is 1. The summed E-state index contributed by atoms with van der Waals surface area (Å²) in [4.78, 5) is 29.1. The zero-order valence-electron chi connectivity index (χ0n) is 15.4. The summed E-state index contributed by atoms with van der Waals surface area (Å²) >= 11 is 0. The van der Waals surface area contributed by atoms with Gasteiger partial charge in [-0.25, -0.2) is 14.0 Å². The fourth-order valence-corrected chi connectivity index (χ4v) is 1.64. The van der Waals surface area contributed by atoms with Gasteiger partial charge in [0.05, 0.1) is 12.2 Å². The first kappa shape index (κ1) is 20.5. The first-order valence-corrected chi connectivity index (χ1v) is 7.72. The third-order valence-electron chi connectivity index (χ3n) is 2.56. The second-order valence-electron chi connectivity index (χ2n) is 7.43. The van der Waals surface area contributed by atoms with Gasteiger partial charge >= 0.3 is 12.2 Å². The molecule has 0 bridgehead atoms. The summed E-state index contributed by atoms with van der Waals surface area (Å²) in [6.45, 7) is 9.73. The molecule has 0 aliphatic heterocycles. The number of halogens is 1. The smallest absolute Gasteiger partial charge is 0.442 e. The minimum Gasteiger partial charge on any atom is -0.442 e. The lowest BCUT2D eigenvalue weighted by Crippen LogP contribution is -2.39. The van der Waals surface area contributed by atoms with Crippen LogP contribution in [0, 0.1) is 5.82 Å². The maximum absolute atomic E-state index is 13.6. The lowest BCUT2D eigenvalue weighted by atomic mass is 10.2. The Bertz CT molecular complexity index is 635. The van der Waals surface area contributed by atoms with Crippen LogP contribution in [0.15, 0.2) is 18.2 Å². The van der Waals surface area contributed by atoms with Gasteiger partial charge in [-0.3, -0.25) is 4.84 Å². The van der Waals surface area contributed by atoms with Crippen LogP contribution >= 0.6 is 0 Å². The van der Waals surface area contributed by atoms with Gasteiger partial charge in [-0.05, 0) is 59.2 Å². The van der Waals surface area contributed by atoms with Gasteiger partial charge in [0, 0.05) is 0 Å². The van der Waals surface area contributed by atoms with Crippen LogP contribution in [0.5, 0.6) is 0 Å². The molecule has 1 amide bonds. The Morgan fingerprint density at radius 1 is 1.08 bits per heavy atom. The molecular formula is C17H25FN2O5. The number of carbonyl (C=O) groups is 2. The molecule has 0 heterocycles. The quantitative estimate of drug-likeness (QED) is 0.489. The predicted molar refractivity (Wildman–Crippen MR) is 89.9 cm³/mol. The van der Waals surface area contributed by atoms with E-state index in [1.54, 1.807) is 41.5 Å². The number of hydroxylamine groups is 2. The van der Waals surface area contributed by atoms with E-state index in [2.05, 4.69) is 0 Å². The highest BCUT2D eigenvalue weighted by molar-refractivity contribution is 5.70. The van der Waals surface area contributed by atoms with Crippen molar-refractivity contribution in [3.8, 4) is 0 Å². The Morgan fingerprint density at radius 3 is 2.12 bits per heavy atom. The number of amides is 1. The van der Waals surface area contributed by atoms with Gasteiger partial charge in [-0.15, -0.1) is 5.06 Å². The molecule has 0 radical (unpaired) electrons. The molecule has 0 aliphatic rings. The number of ether oxygens (including phenoxy) is 2. The van der Waals surface area contributed by atoms with E-state index in [1.165, 1.54) is 12.1 Å². The molecule has 0 aliphatic carbocycles. The molecule has 0 fully saturated rings. The third kappa shape index (κ3) is 7.73. The Kier molecular flexibility index (Phi) is 6.23. The van der Waals surface area contributed by atoms with Gasteiger partial charge < -0.3 is 15.2 Å². The fraction of sp³-hybridized carbons (Fsp3) is 0.529. The molecule has 0 saturated heterocycles. The lowest BCUT2D eigenvalue weighted by Gasteiger charge is -2.27. The van der Waals surface area contributed by atoms with Gasteiger partial charge in [0.2, 0.25) is 0 Å². The number of nitrogens with zero attached hydrogens (tertiary/aromatic N) is 1. The van der Waals surface area contributed by atoms with Crippen molar-refractivity contribution in [3.63, 3.8) is 0 Å². The number of nitrogens with two attached hydrogens (primary N) is 1. The normalized spacial score (nSPS) is 11.6. The maximum atomic E-state index is 13.6. The molecule has 1 aromatic carbocycles. The van der Waals surface area contributed by atoms with Crippen molar-refractivity contribution in [1.29, 1.82) is 0 Å². The van der Waals surface area contributed by atoms with Gasteiger partial charge in [-0.2, -0.15) is 0 Å². The molecule has 0 unspecified atom stereocenters. The number of rotatable bonds is 2. The first-order chi connectivity index (χ1) is 11.3. The van der Waals surface area contributed by atoms with Crippen LogP contribution < -0.4 is 5.73 Å². The maximum Gasteiger partial charge on any atom is 0.534 e. The van der Waals surface area contributed by atoms with Crippen LogP contribution in [-0.4, -0.2) is 28.5 Å². The summed E-state index contributed by atoms with van der Waals surface area (Å²) in [6.07, 6.45) is -1.98. The second-order valence-corrected chi connectivity index (χ2v) is 7.43. The van der Waals surface area contributed by atoms with Crippen LogP contribution in [0.2, 0.25) is 0 Å². The minimum atomic E-state index is -1.07. The van der Waals surface area contributed by atoms with Gasteiger partial charge in [0.25, 0.3) is 0 Å². The summed E-state index contributed by atoms with van der Waals surface area (Å²) in [5.74, 6) is -0.640. The summed E-state index contributed by atoms with van der Waals surface area (Å²) in [5.41, 5.74) is 4.15. The Morgan fingerprint density at radius 2 is 1.64 bits per heavy atom. The highest BCUT2D eigenvalue weighted by Gasteiger charge is 2.28. The second kappa shape index (κ2) is 7.58. The molecule has 0 aromatic heterocycles. The summed E-state index contributed by atoms with van der Waals surface area (Å²) < 4.78 is 23.8. The van der Waals surface area contributed by atoms with E-state index in [0.29, 0.717) is 10.6 Å². The van der Waals surface area contributed by atoms with Crippen LogP contribution in [0.4, 0.5) is 19.7 Å². The monoisotopic (exact) mass is 356 g/mol. The Hall–Kier alpha value is -2.51. The molecule has 1 rings (SSSR count). The average molecular weight is 356 g/mol. The summed E-state index contributed by atoms with van der Waals surface area (Å²) in [6, 6.07) is 4.00. The number of carbonyl (C=O) groups excluding carboxylic acids is 2. The zero-order valence-corrected chi connectivity index (χ0v) is 15.4. The largest absolute Gasteiger partial charge is 0.534 e. The van der Waals surface area contributed by atoms with Crippen molar-refractivity contribution < 1.29 is 28.3 Å². The highest BCUT2D eigenvalue weighted by Crippen LogP contribution is 2.18. The van der Waals surface area contributed by atoms with Crippen LogP contribution in [0.25, 0.3) is 0 Å². The van der Waals surface area contributed by atoms with Gasteiger partial charge in [0.1, 0.15) is 17.0 Å². The molecular weight excluding hydrogens is 331 g/mol. The van der Waals surface area contributed by atoms with Crippen molar-refractivity contribution in [1.82, 2.24) is 5.06 Å². The van der Waals surface area contributed by atoms with Crippen LogP contribution in [-0.2, 0) is 20.9 Å². The fourth-order valence-electron chi connectivity index (χ4n) is 1.64. The highest BCUT2D eigenvalue weighted by atomic mass is 19.1. The number of benzene rings is 1. The minimum absolute atomic E-state index is 0.0272. The molecule has 2 N–H and O–H groups in total. The number of hydrogen-bond donors (Lipinski definition) is 1. The van der Waals surface area contributed by atoms with Crippen LogP contribution in [0.3, 0.4) is 0 Å². The molecule has 1 aromatic rings. The molecule has 8 heteroatoms. The average Bonchev–Trinajstić information content (AvgIpc) is 2.38. The van der Waals surface area contributed by atoms with Gasteiger partial charge in [-0.1, -0.05) is 6.07 Å². The number of nitrogen functional groups attached to an aromatic ring is 1. The van der Waals surface area contributed by atoms with Crippen molar-refractivity contribution in [2.45, 2.75) is 59.3 Å². The zero-order chi connectivity index (χ0) is 19.4. The molecule has 7 nitrogen and oxygen atoms in total. The molecule has 140 valence electrons. The van der Waals surface area contributed by atoms with E-state index in [-0.39, 0.29) is 12.2 Å². The van der Waals surface area contributed by atoms with E-state index in [4.69, 9.17) is 20.0 Å². The standard InChI is InChI=1S/C17H25FN2O5/c1-16(2,3)23-14(21)20(25-15(22)24-17(4,5)6)10-11-7-8-13(19)12(18)9-11/h7-9H,10,19H2,1-6H3. The Balaban J connectivity index is 2.95. The summed E-state index contributed by atoms with van der Waals surface area (Å²) in [5, 5.41) is 0.671. The van der Waals surface area contributed by atoms with Gasteiger partial charge in [0.15, 0.2) is 0 Å². The van der Waals surface area contributed by atoms with Crippen molar-refractivity contribution in [3.05, 3.63) is 29.6 Å². The lowest BCUT2D eigenvalue weighted by molar-refractivity contribution is -0.140. The van der Waals surface area contributed by atoms with Crippen LogP contribution in [0.1, 0.15) is 47.1 Å². The summed E-state index contributed by atoms with van der Waals surface area (Å²) in [7, 11) is 0. The van der Waals surface area contributed by atoms with E-state index in [9.17, 15) is 14.0 Å². The molecule has 0 saturated carbocycles. The topological polar surface area (TPSA) is 91.1 Å². The van der Waals surface area contributed by atoms with E-state index < -0.39 is 29.3 Å². The van der Waals surface area contributed by atoms with E-state index in [1.807, 2.05) is 0 Å². The number of hydrogen-bond acceptors (Lipinski definition) is 6. The predicted octanol–water partition coefficient (Wildman–Crippen LogP) is 4.01. The molecule has 0 spiro atoms. The van der Waals surface area contributed by atoms with E-state index >= 15 is 0 Å². The first-order valence-electron chi connectivity index (χ1n) is 7.72. The SMILES string of the molecule is CC(C)(C)OC(=O)ON(Cc1ccc(N)c(F)c1)C(=O)OC(C)(C)C. The van der Waals surface area contributed by atoms with Crippen molar-refractivity contribution in [2.24, 2.45) is 0 Å². The van der Waals surface area contributed by atoms with Crippen molar-refractivity contribution in [2.75, 3.05) is 5.73 Å². The van der Waals surface area contributed by atoms with E-state index in [0.717, 1.165) is 6.07 Å². The molecule has 25 heavy (non-hydrogen) atoms. The molecule has 0 atom stereocenters. The van der Waals surface area contributed by atoms with Crippen molar-refractivity contribution >= 4 is 17.9 Å². The third-order valence-corrected chi connectivity index (χ3v) is 2.56.